The first-order valence-corrected chi connectivity index (χ1v) is 11.6. The fourth-order valence-corrected chi connectivity index (χ4v) is 4.12. The van der Waals surface area contributed by atoms with Gasteiger partial charge in [-0.1, -0.05) is 70.8 Å². The lowest BCUT2D eigenvalue weighted by Gasteiger charge is -2.27. The van der Waals surface area contributed by atoms with Crippen LogP contribution in [0.25, 0.3) is 0 Å². The molecule has 0 unspecified atom stereocenters. The Morgan fingerprint density at radius 2 is 1.79 bits per heavy atom. The number of hydrogen-bond acceptors (Lipinski definition) is 5. The molecule has 172 valence electrons. The second-order valence-corrected chi connectivity index (χ2v) is 8.95. The number of para-hydroxylation sites is 1. The minimum Gasteiger partial charge on any atom is -0.491 e. The van der Waals surface area contributed by atoms with Crippen molar-refractivity contribution in [3.05, 3.63) is 100 Å². The highest BCUT2D eigenvalue weighted by atomic mass is 35.5. The highest BCUT2D eigenvalue weighted by Crippen LogP contribution is 2.21. The molecule has 7 heteroatoms. The van der Waals surface area contributed by atoms with Crippen molar-refractivity contribution in [1.82, 2.24) is 4.90 Å². The Balaban J connectivity index is 1.37. The largest absolute Gasteiger partial charge is 0.491 e. The summed E-state index contributed by atoms with van der Waals surface area (Å²) in [4.78, 5) is 7.88. The topological polar surface area (TPSA) is 54.3 Å². The summed E-state index contributed by atoms with van der Waals surface area (Å²) in [5.74, 6) is 0.734. The van der Waals surface area contributed by atoms with E-state index in [9.17, 15) is 5.11 Å². The predicted octanol–water partition coefficient (Wildman–Crippen LogP) is 5.43. The molecule has 3 aromatic carbocycles. The average molecular weight is 485 g/mol. The van der Waals surface area contributed by atoms with Crippen LogP contribution in [0.5, 0.6) is 5.75 Å². The molecule has 0 bridgehead atoms. The molecule has 0 aromatic heterocycles. The zero-order valence-electron chi connectivity index (χ0n) is 18.1. The van der Waals surface area contributed by atoms with E-state index in [-0.39, 0.29) is 12.7 Å². The lowest BCUT2D eigenvalue weighted by Crippen LogP contribution is -2.39. The van der Waals surface area contributed by atoms with Gasteiger partial charge < -0.3 is 14.7 Å². The zero-order valence-corrected chi connectivity index (χ0v) is 19.6. The molecule has 5 nitrogen and oxygen atoms in total. The van der Waals surface area contributed by atoms with Gasteiger partial charge in [-0.2, -0.15) is 0 Å². The number of benzene rings is 3. The summed E-state index contributed by atoms with van der Waals surface area (Å²) >= 11 is 12.2. The second-order valence-electron chi connectivity index (χ2n) is 8.08. The molecule has 2 atom stereocenters. The van der Waals surface area contributed by atoms with Crippen molar-refractivity contribution in [3.63, 3.8) is 0 Å². The molecule has 0 fully saturated rings. The van der Waals surface area contributed by atoms with Crippen LogP contribution in [-0.4, -0.2) is 47.6 Å². The zero-order chi connectivity index (χ0) is 23.0. The summed E-state index contributed by atoms with van der Waals surface area (Å²) in [5, 5.41) is 16.3. The SMILES string of the molecule is O[C@H](COc1ccccc1)CN(Cc1cccc(Cl)c1)C[C@@H]1CC(c2ccc(Cl)cc2)=NO1. The van der Waals surface area contributed by atoms with Gasteiger partial charge in [0, 0.05) is 36.1 Å². The second kappa shape index (κ2) is 11.5. The summed E-state index contributed by atoms with van der Waals surface area (Å²) in [6.45, 7) is 1.86. The number of halogens is 2. The third-order valence-electron chi connectivity index (χ3n) is 5.32. The van der Waals surface area contributed by atoms with Crippen molar-refractivity contribution in [2.75, 3.05) is 19.7 Å². The Morgan fingerprint density at radius 1 is 1.00 bits per heavy atom. The van der Waals surface area contributed by atoms with Gasteiger partial charge >= 0.3 is 0 Å². The Labute approximate surface area is 204 Å². The smallest absolute Gasteiger partial charge is 0.145 e. The van der Waals surface area contributed by atoms with Gasteiger partial charge in [0.25, 0.3) is 0 Å². The van der Waals surface area contributed by atoms with E-state index in [0.717, 1.165) is 22.6 Å². The highest BCUT2D eigenvalue weighted by molar-refractivity contribution is 6.31. The summed E-state index contributed by atoms with van der Waals surface area (Å²) in [5.41, 5.74) is 2.96. The summed E-state index contributed by atoms with van der Waals surface area (Å²) in [7, 11) is 0. The van der Waals surface area contributed by atoms with Crippen LogP contribution in [0.4, 0.5) is 0 Å². The highest BCUT2D eigenvalue weighted by Gasteiger charge is 2.26. The third kappa shape index (κ3) is 7.21. The third-order valence-corrected chi connectivity index (χ3v) is 5.81. The van der Waals surface area contributed by atoms with Crippen molar-refractivity contribution in [3.8, 4) is 5.75 Å². The van der Waals surface area contributed by atoms with Gasteiger partial charge in [-0.05, 0) is 47.5 Å². The summed E-state index contributed by atoms with van der Waals surface area (Å²) in [6.07, 6.45) is -0.0934. The lowest BCUT2D eigenvalue weighted by molar-refractivity contribution is 0.0213. The van der Waals surface area contributed by atoms with E-state index in [4.69, 9.17) is 32.8 Å². The first kappa shape index (κ1) is 23.6. The monoisotopic (exact) mass is 484 g/mol. The van der Waals surface area contributed by atoms with E-state index >= 15 is 0 Å². The fourth-order valence-electron chi connectivity index (χ4n) is 3.78. The Bertz CT molecular complexity index is 1060. The van der Waals surface area contributed by atoms with E-state index in [1.54, 1.807) is 0 Å². The van der Waals surface area contributed by atoms with Crippen LogP contribution in [0.15, 0.2) is 84.0 Å². The van der Waals surface area contributed by atoms with Gasteiger partial charge in [-0.25, -0.2) is 0 Å². The van der Waals surface area contributed by atoms with E-state index < -0.39 is 6.10 Å². The van der Waals surface area contributed by atoms with Crippen molar-refractivity contribution in [1.29, 1.82) is 0 Å². The maximum Gasteiger partial charge on any atom is 0.145 e. The molecule has 0 aliphatic carbocycles. The molecular weight excluding hydrogens is 459 g/mol. The van der Waals surface area contributed by atoms with Crippen molar-refractivity contribution < 1.29 is 14.7 Å². The van der Waals surface area contributed by atoms with Crippen molar-refractivity contribution in [2.24, 2.45) is 5.16 Å². The molecule has 1 N–H and O–H groups in total. The molecule has 33 heavy (non-hydrogen) atoms. The van der Waals surface area contributed by atoms with E-state index in [1.807, 2.05) is 78.9 Å². The number of rotatable bonds is 10. The van der Waals surface area contributed by atoms with Crippen LogP contribution >= 0.6 is 23.2 Å². The van der Waals surface area contributed by atoms with Crippen molar-refractivity contribution in [2.45, 2.75) is 25.2 Å². The number of aliphatic hydroxyl groups is 1. The molecule has 4 rings (SSSR count). The minimum atomic E-state index is -0.664. The minimum absolute atomic E-state index is 0.114. The molecular formula is C26H26Cl2N2O3. The van der Waals surface area contributed by atoms with E-state index in [1.165, 1.54) is 0 Å². The fraction of sp³-hybridized carbons (Fsp3) is 0.269. The van der Waals surface area contributed by atoms with Crippen LogP contribution in [0, 0.1) is 0 Å². The van der Waals surface area contributed by atoms with Crippen molar-refractivity contribution >= 4 is 28.9 Å². The molecule has 0 amide bonds. The van der Waals surface area contributed by atoms with E-state index in [0.29, 0.717) is 36.1 Å². The molecule has 3 aromatic rings. The summed E-state index contributed by atoms with van der Waals surface area (Å²) < 4.78 is 5.73. The van der Waals surface area contributed by atoms with Gasteiger partial charge in [0.1, 0.15) is 24.6 Å². The normalized spacial score (nSPS) is 16.4. The molecule has 0 spiro atoms. The number of oxime groups is 1. The molecule has 1 heterocycles. The molecule has 1 aliphatic heterocycles. The van der Waals surface area contributed by atoms with Gasteiger partial charge in [-0.15, -0.1) is 0 Å². The Morgan fingerprint density at radius 3 is 2.55 bits per heavy atom. The van der Waals surface area contributed by atoms with Gasteiger partial charge in [0.05, 0.1) is 5.71 Å². The molecule has 0 saturated heterocycles. The number of hydrogen-bond donors (Lipinski definition) is 1. The summed E-state index contributed by atoms with van der Waals surface area (Å²) in [6, 6.07) is 24.8. The molecule has 0 saturated carbocycles. The van der Waals surface area contributed by atoms with Crippen LogP contribution in [-0.2, 0) is 11.4 Å². The standard InChI is InChI=1S/C26H26Cl2N2O3/c27-21-11-9-20(10-12-21)26-14-25(33-29-26)17-30(15-19-5-4-6-22(28)13-19)16-23(31)18-32-24-7-2-1-3-8-24/h1-13,23,25,31H,14-18H2/t23-,25-/m0/s1. The molecule has 1 aliphatic rings. The number of ether oxygens (including phenoxy) is 1. The van der Waals surface area contributed by atoms with Gasteiger partial charge in [-0.3, -0.25) is 4.90 Å². The average Bonchev–Trinajstić information content (AvgIpc) is 3.27. The maximum atomic E-state index is 10.7. The quantitative estimate of drug-likeness (QED) is 0.416. The van der Waals surface area contributed by atoms with E-state index in [2.05, 4.69) is 10.1 Å². The number of aliphatic hydroxyl groups excluding tert-OH is 1. The first-order chi connectivity index (χ1) is 16.0. The van der Waals surface area contributed by atoms with Crippen LogP contribution in [0.2, 0.25) is 10.0 Å². The van der Waals surface area contributed by atoms with Gasteiger partial charge in [0.2, 0.25) is 0 Å². The number of nitrogens with zero attached hydrogens (tertiary/aromatic N) is 2. The van der Waals surface area contributed by atoms with Gasteiger partial charge in [0.15, 0.2) is 0 Å². The predicted molar refractivity (Wildman–Crippen MR) is 132 cm³/mol. The molecule has 0 radical (unpaired) electrons. The Kier molecular flexibility index (Phi) is 8.24. The van der Waals surface area contributed by atoms with Crippen LogP contribution in [0.1, 0.15) is 17.5 Å². The van der Waals surface area contributed by atoms with Crippen LogP contribution < -0.4 is 4.74 Å². The maximum absolute atomic E-state index is 10.7. The lowest BCUT2D eigenvalue weighted by atomic mass is 10.0. The Hall–Kier alpha value is -2.57. The first-order valence-electron chi connectivity index (χ1n) is 10.9. The van der Waals surface area contributed by atoms with Crippen LogP contribution in [0.3, 0.4) is 0 Å².